The molecule has 1 aliphatic heterocycles. The monoisotopic (exact) mass is 842 g/mol. The zero-order valence-corrected chi connectivity index (χ0v) is 36.3. The molecule has 1 saturated heterocycles. The number of benzene rings is 3. The lowest BCUT2D eigenvalue weighted by atomic mass is 9.80. The van der Waals surface area contributed by atoms with Crippen LogP contribution in [0, 0.1) is 5.92 Å². The predicted octanol–water partition coefficient (Wildman–Crippen LogP) is 7.84. The Morgan fingerprint density at radius 2 is 1.55 bits per heavy atom. The van der Waals surface area contributed by atoms with E-state index in [1.165, 1.54) is 12.4 Å². The molecule has 6 rings (SSSR count). The topological polar surface area (TPSA) is 168 Å². The molecule has 0 saturated carbocycles. The highest BCUT2D eigenvalue weighted by Crippen LogP contribution is 2.57. The number of H-pyrrole nitrogens is 1. The van der Waals surface area contributed by atoms with Crippen molar-refractivity contribution in [2.24, 2.45) is 5.92 Å². The minimum Gasteiger partial charge on any atom is -0.497 e. The Kier molecular flexibility index (Phi) is 14.1. The first-order chi connectivity index (χ1) is 28.7. The molecule has 2 aromatic heterocycles. The van der Waals surface area contributed by atoms with Gasteiger partial charge in [-0.05, 0) is 68.7 Å². The van der Waals surface area contributed by atoms with Gasteiger partial charge in [0.2, 0.25) is 11.9 Å². The Morgan fingerprint density at radius 1 is 0.967 bits per heavy atom. The molecule has 16 heteroatoms. The fourth-order valence-corrected chi connectivity index (χ4v) is 9.79. The summed E-state index contributed by atoms with van der Waals surface area (Å²) in [6.07, 6.45) is 0.538. The third-order valence-corrected chi connectivity index (χ3v) is 12.8. The highest BCUT2D eigenvalue weighted by molar-refractivity contribution is 7.51. The smallest absolute Gasteiger partial charge is 0.409 e. The maximum atomic E-state index is 15.1. The van der Waals surface area contributed by atoms with Crippen LogP contribution in [0.15, 0.2) is 103 Å². The SMILES string of the molecule is C=CCOP(=O)(O[C@H]1C[C@H](n2cnc3c(=O)[nH]c(NC(=O)C(C)C)nc32)O[C@@H]1COC(c1ccccc1)(c1ccc(OC)cc1)c1ccc(OC)cc1)N(C(C)C)C(C)C. The van der Waals surface area contributed by atoms with Crippen molar-refractivity contribution in [1.82, 2.24) is 24.2 Å². The maximum Gasteiger partial charge on any atom is 0.409 e. The first-order valence-corrected chi connectivity index (χ1v) is 21.5. The van der Waals surface area contributed by atoms with Crippen molar-refractivity contribution in [2.45, 2.75) is 84.1 Å². The molecule has 0 bridgehead atoms. The van der Waals surface area contributed by atoms with E-state index in [9.17, 15) is 9.59 Å². The summed E-state index contributed by atoms with van der Waals surface area (Å²) in [7, 11) is -0.812. The van der Waals surface area contributed by atoms with Crippen LogP contribution < -0.4 is 20.3 Å². The largest absolute Gasteiger partial charge is 0.497 e. The van der Waals surface area contributed by atoms with Gasteiger partial charge in [0.05, 0.1) is 33.8 Å². The fraction of sp³-hybridized carbons (Fsp3) is 0.409. The van der Waals surface area contributed by atoms with Crippen LogP contribution in [0.2, 0.25) is 0 Å². The van der Waals surface area contributed by atoms with E-state index < -0.39 is 37.3 Å². The third kappa shape index (κ3) is 9.26. The van der Waals surface area contributed by atoms with Gasteiger partial charge in [-0.1, -0.05) is 74.5 Å². The fourth-order valence-electron chi connectivity index (χ4n) is 7.50. The van der Waals surface area contributed by atoms with E-state index in [0.717, 1.165) is 16.7 Å². The summed E-state index contributed by atoms with van der Waals surface area (Å²) in [5, 5.41) is 2.67. The third-order valence-electron chi connectivity index (χ3n) is 10.3. The number of ether oxygens (including phenoxy) is 4. The number of aromatic amines is 1. The Morgan fingerprint density at radius 3 is 2.08 bits per heavy atom. The summed E-state index contributed by atoms with van der Waals surface area (Å²) in [5.74, 6) is 0.636. The number of hydrogen-bond donors (Lipinski definition) is 2. The molecule has 5 aromatic rings. The number of hydrogen-bond acceptors (Lipinski definition) is 11. The molecule has 2 N–H and O–H groups in total. The first kappa shape index (κ1) is 44.4. The average Bonchev–Trinajstić information content (AvgIpc) is 3.84. The lowest BCUT2D eigenvalue weighted by Gasteiger charge is -2.39. The molecule has 1 fully saturated rings. The van der Waals surface area contributed by atoms with Crippen molar-refractivity contribution < 1.29 is 37.4 Å². The predicted molar refractivity (Wildman–Crippen MR) is 229 cm³/mol. The minimum absolute atomic E-state index is 0.0266. The maximum absolute atomic E-state index is 15.1. The number of rotatable bonds is 19. The van der Waals surface area contributed by atoms with Crippen molar-refractivity contribution >= 4 is 30.8 Å². The molecule has 60 heavy (non-hydrogen) atoms. The van der Waals surface area contributed by atoms with Gasteiger partial charge in [-0.3, -0.25) is 33.5 Å². The Balaban J connectivity index is 1.47. The van der Waals surface area contributed by atoms with E-state index in [4.69, 9.17) is 28.0 Å². The Hall–Kier alpha value is -5.15. The highest BCUT2D eigenvalue weighted by atomic mass is 31.2. The summed E-state index contributed by atoms with van der Waals surface area (Å²) in [6, 6.07) is 24.7. The van der Waals surface area contributed by atoms with Gasteiger partial charge in [-0.25, -0.2) is 14.2 Å². The van der Waals surface area contributed by atoms with Crippen LogP contribution in [-0.2, 0) is 33.5 Å². The number of methoxy groups -OCH3 is 2. The van der Waals surface area contributed by atoms with Crippen LogP contribution in [-0.4, -0.2) is 81.8 Å². The number of anilines is 1. The molecule has 1 unspecified atom stereocenters. The van der Waals surface area contributed by atoms with Gasteiger partial charge in [0.15, 0.2) is 11.2 Å². The summed E-state index contributed by atoms with van der Waals surface area (Å²) in [6.45, 7) is 14.9. The molecule has 3 heterocycles. The molecular weight excluding hydrogens is 787 g/mol. The second-order valence-electron chi connectivity index (χ2n) is 15.3. The van der Waals surface area contributed by atoms with Gasteiger partial charge < -0.3 is 18.9 Å². The normalized spacial score (nSPS) is 18.0. The summed E-state index contributed by atoms with van der Waals surface area (Å²) < 4.78 is 56.3. The molecule has 15 nitrogen and oxygen atoms in total. The second kappa shape index (κ2) is 19.1. The van der Waals surface area contributed by atoms with Gasteiger partial charge >= 0.3 is 7.75 Å². The van der Waals surface area contributed by atoms with E-state index >= 15 is 4.57 Å². The van der Waals surface area contributed by atoms with E-state index in [2.05, 4.69) is 26.8 Å². The number of imidazole rings is 1. The van der Waals surface area contributed by atoms with Crippen molar-refractivity contribution in [1.29, 1.82) is 0 Å². The van der Waals surface area contributed by atoms with Gasteiger partial charge in [-0.15, -0.1) is 6.58 Å². The zero-order chi connectivity index (χ0) is 43.2. The number of fused-ring (bicyclic) bond motifs is 1. The number of amides is 1. The molecule has 4 atom stereocenters. The van der Waals surface area contributed by atoms with E-state index in [0.29, 0.717) is 11.5 Å². The van der Waals surface area contributed by atoms with Crippen molar-refractivity contribution in [3.05, 3.63) is 125 Å². The van der Waals surface area contributed by atoms with Gasteiger partial charge in [-0.2, -0.15) is 4.98 Å². The molecule has 1 aliphatic rings. The van der Waals surface area contributed by atoms with Crippen LogP contribution in [0.3, 0.4) is 0 Å². The molecule has 0 radical (unpaired) electrons. The van der Waals surface area contributed by atoms with E-state index in [1.807, 2.05) is 107 Å². The van der Waals surface area contributed by atoms with Crippen molar-refractivity contribution in [3.8, 4) is 11.5 Å². The Bertz CT molecular complexity index is 2280. The van der Waals surface area contributed by atoms with Crippen LogP contribution in [0.4, 0.5) is 5.95 Å². The molecule has 320 valence electrons. The van der Waals surface area contributed by atoms with Crippen LogP contribution in [0.25, 0.3) is 11.2 Å². The van der Waals surface area contributed by atoms with Gasteiger partial charge in [0.25, 0.3) is 5.56 Å². The molecule has 1 amide bonds. The lowest BCUT2D eigenvalue weighted by Crippen LogP contribution is -2.40. The van der Waals surface area contributed by atoms with Crippen molar-refractivity contribution in [3.63, 3.8) is 0 Å². The van der Waals surface area contributed by atoms with Gasteiger partial charge in [0, 0.05) is 24.4 Å². The van der Waals surface area contributed by atoms with Crippen LogP contribution in [0.5, 0.6) is 11.5 Å². The number of carbonyl (C=O) groups excluding carboxylic acids is 1. The number of carbonyl (C=O) groups is 1. The average molecular weight is 843 g/mol. The molecule has 3 aromatic carbocycles. The van der Waals surface area contributed by atoms with E-state index in [-0.39, 0.29) is 60.7 Å². The van der Waals surface area contributed by atoms with Crippen LogP contribution in [0.1, 0.15) is 70.9 Å². The molecular formula is C44H55N6O9P. The second-order valence-corrected chi connectivity index (χ2v) is 17.2. The highest BCUT2D eigenvalue weighted by Gasteiger charge is 2.48. The standard InChI is InChI=1S/C44H55N6O9P/c1-10-24-57-60(53,50(29(4)5)30(6)7)59-36-25-38(49-27-45-39-40(49)46-43(48-42(39)52)47-41(51)28(2)3)58-37(36)26-56-44(31-14-12-11-13-15-31,32-16-20-34(54-8)21-17-32)33-18-22-35(55-9)23-19-33/h10-23,27-30,36-38H,1,24-26H2,2-9H3,(H2,46,47,48,51,52)/t36-,37+,38+,60?/m0/s1. The van der Waals surface area contributed by atoms with Crippen LogP contribution >= 0.6 is 7.75 Å². The summed E-state index contributed by atoms with van der Waals surface area (Å²) >= 11 is 0. The number of nitrogens with zero attached hydrogens (tertiary/aromatic N) is 4. The summed E-state index contributed by atoms with van der Waals surface area (Å²) in [4.78, 5) is 37.3. The quantitative estimate of drug-likeness (QED) is 0.0470. The number of aromatic nitrogens is 4. The van der Waals surface area contributed by atoms with E-state index in [1.54, 1.807) is 37.3 Å². The van der Waals surface area contributed by atoms with Crippen molar-refractivity contribution in [2.75, 3.05) is 32.8 Å². The number of nitrogens with one attached hydrogen (secondary N) is 2. The first-order valence-electron chi connectivity index (χ1n) is 20.0. The molecule has 0 aliphatic carbocycles. The minimum atomic E-state index is -4.04. The lowest BCUT2D eigenvalue weighted by molar-refractivity contribution is -0.118. The Labute approximate surface area is 350 Å². The van der Waals surface area contributed by atoms with Gasteiger partial charge in [0.1, 0.15) is 35.5 Å². The zero-order valence-electron chi connectivity index (χ0n) is 35.4. The summed E-state index contributed by atoms with van der Waals surface area (Å²) in [5.41, 5.74) is 0.910. The molecule has 0 spiro atoms.